The summed E-state index contributed by atoms with van der Waals surface area (Å²) in [6.07, 6.45) is -0.380. The van der Waals surface area contributed by atoms with Gasteiger partial charge in [-0.2, -0.15) is 0 Å². The number of nitrogens with zero attached hydrogens (tertiary/aromatic N) is 1. The number of aliphatic hydroxyl groups is 1. The van der Waals surface area contributed by atoms with Crippen LogP contribution < -0.4 is 11.1 Å². The highest BCUT2D eigenvalue weighted by Gasteiger charge is 2.18. The largest absolute Gasteiger partial charge is 0.393 e. The number of carbonyl (C=O) groups is 1. The van der Waals surface area contributed by atoms with E-state index in [-0.39, 0.29) is 23.0 Å². The number of anilines is 1. The maximum Gasteiger partial charge on any atom is 0.292 e. The first-order chi connectivity index (χ1) is 11.4. The van der Waals surface area contributed by atoms with Crippen molar-refractivity contribution in [2.75, 3.05) is 5.73 Å². The Kier molecular flexibility index (Phi) is 5.49. The molecular weight excluding hydrogens is 310 g/mol. The van der Waals surface area contributed by atoms with Gasteiger partial charge in [-0.15, -0.1) is 0 Å². The molecule has 0 fully saturated rings. The number of amides is 1. The minimum absolute atomic E-state index is 0.00379. The number of benzene rings is 2. The van der Waals surface area contributed by atoms with Crippen molar-refractivity contribution >= 4 is 17.3 Å². The molecule has 2 rings (SSSR count). The fourth-order valence-electron chi connectivity index (χ4n) is 2.36. The van der Waals surface area contributed by atoms with Gasteiger partial charge in [-0.25, -0.2) is 0 Å². The molecule has 1 amide bonds. The second kappa shape index (κ2) is 7.56. The number of nitrogens with one attached hydrogen (secondary N) is 1. The second-order valence-corrected chi connectivity index (χ2v) is 5.57. The summed E-state index contributed by atoms with van der Waals surface area (Å²) in [6.45, 7) is 1.76. The molecule has 0 heterocycles. The van der Waals surface area contributed by atoms with Crippen molar-refractivity contribution in [2.45, 2.75) is 25.5 Å². The van der Waals surface area contributed by atoms with Gasteiger partial charge in [-0.1, -0.05) is 30.3 Å². The number of hydrogen-bond donors (Lipinski definition) is 3. The van der Waals surface area contributed by atoms with Crippen LogP contribution in [0.25, 0.3) is 0 Å². The van der Waals surface area contributed by atoms with Crippen LogP contribution in [0.2, 0.25) is 0 Å². The van der Waals surface area contributed by atoms with Crippen LogP contribution in [0, 0.1) is 10.1 Å². The number of aliphatic hydroxyl groups excluding tert-OH is 1. The average Bonchev–Trinajstić information content (AvgIpc) is 2.55. The zero-order valence-corrected chi connectivity index (χ0v) is 13.2. The van der Waals surface area contributed by atoms with Gasteiger partial charge in [0.25, 0.3) is 11.6 Å². The van der Waals surface area contributed by atoms with Gasteiger partial charge in [0, 0.05) is 17.7 Å². The Labute approximate surface area is 139 Å². The third-order valence-electron chi connectivity index (χ3n) is 3.63. The van der Waals surface area contributed by atoms with Crippen LogP contribution in [-0.4, -0.2) is 22.0 Å². The molecule has 2 unspecified atom stereocenters. The van der Waals surface area contributed by atoms with Gasteiger partial charge in [-0.05, 0) is 31.0 Å². The molecule has 0 aliphatic rings. The third kappa shape index (κ3) is 4.30. The molecule has 24 heavy (non-hydrogen) atoms. The van der Waals surface area contributed by atoms with Gasteiger partial charge in [0.15, 0.2) is 0 Å². The van der Waals surface area contributed by atoms with E-state index in [1.54, 1.807) is 6.92 Å². The predicted molar refractivity (Wildman–Crippen MR) is 90.5 cm³/mol. The molecule has 7 nitrogen and oxygen atoms in total. The highest BCUT2D eigenvalue weighted by atomic mass is 16.6. The van der Waals surface area contributed by atoms with E-state index in [1.165, 1.54) is 12.1 Å². The summed E-state index contributed by atoms with van der Waals surface area (Å²) < 4.78 is 0. The van der Waals surface area contributed by atoms with Crippen LogP contribution in [-0.2, 0) is 0 Å². The molecule has 4 N–H and O–H groups in total. The van der Waals surface area contributed by atoms with Crippen molar-refractivity contribution < 1.29 is 14.8 Å². The lowest BCUT2D eigenvalue weighted by Crippen LogP contribution is -2.33. The lowest BCUT2D eigenvalue weighted by atomic mass is 10.0. The first-order valence-electron chi connectivity index (χ1n) is 7.46. The number of rotatable bonds is 6. The topological polar surface area (TPSA) is 118 Å². The molecule has 126 valence electrons. The van der Waals surface area contributed by atoms with E-state index in [1.807, 2.05) is 30.3 Å². The lowest BCUT2D eigenvalue weighted by Gasteiger charge is -2.18. The zero-order chi connectivity index (χ0) is 17.7. The van der Waals surface area contributed by atoms with Gasteiger partial charge in [0.1, 0.15) is 5.69 Å². The summed E-state index contributed by atoms with van der Waals surface area (Å²) in [5, 5.41) is 23.8. The summed E-state index contributed by atoms with van der Waals surface area (Å²) in [5.41, 5.74) is 6.13. The van der Waals surface area contributed by atoms with E-state index >= 15 is 0 Å². The normalized spacial score (nSPS) is 13.1. The molecule has 2 aromatic carbocycles. The summed E-state index contributed by atoms with van der Waals surface area (Å²) in [5.74, 6) is -0.453. The van der Waals surface area contributed by atoms with E-state index in [9.17, 15) is 20.0 Å². The van der Waals surface area contributed by atoms with Gasteiger partial charge in [0.2, 0.25) is 0 Å². The molecule has 2 atom stereocenters. The van der Waals surface area contributed by atoms with Crippen LogP contribution in [0.1, 0.15) is 35.4 Å². The van der Waals surface area contributed by atoms with Crippen LogP contribution in [0.3, 0.4) is 0 Å². The maximum absolute atomic E-state index is 12.2. The highest BCUT2D eigenvalue weighted by molar-refractivity contribution is 5.95. The number of hydrogen-bond acceptors (Lipinski definition) is 5. The Morgan fingerprint density at radius 3 is 2.58 bits per heavy atom. The molecule has 7 heteroatoms. The van der Waals surface area contributed by atoms with Crippen molar-refractivity contribution in [3.05, 3.63) is 69.8 Å². The standard InChI is InChI=1S/C17H19N3O4/c1-11(9-16(21)12-5-3-2-4-6-12)19-17(22)13-7-8-14(18)15(10-13)20(23)24/h2-8,10-11,16,21H,9,18H2,1H3,(H,19,22). The highest BCUT2D eigenvalue weighted by Crippen LogP contribution is 2.23. The summed E-state index contributed by atoms with van der Waals surface area (Å²) in [7, 11) is 0. The third-order valence-corrected chi connectivity index (χ3v) is 3.63. The van der Waals surface area contributed by atoms with Crippen LogP contribution in [0.4, 0.5) is 11.4 Å². The van der Waals surface area contributed by atoms with Crippen LogP contribution in [0.5, 0.6) is 0 Å². The second-order valence-electron chi connectivity index (χ2n) is 5.57. The van der Waals surface area contributed by atoms with E-state index in [2.05, 4.69) is 5.32 Å². The van der Waals surface area contributed by atoms with Crippen LogP contribution >= 0.6 is 0 Å². The maximum atomic E-state index is 12.2. The number of nitrogens with two attached hydrogens (primary N) is 1. The number of carbonyl (C=O) groups excluding carboxylic acids is 1. The zero-order valence-electron chi connectivity index (χ0n) is 13.2. The smallest absolute Gasteiger partial charge is 0.292 e. The lowest BCUT2D eigenvalue weighted by molar-refractivity contribution is -0.383. The summed E-state index contributed by atoms with van der Waals surface area (Å²) in [6, 6.07) is 12.7. The minimum Gasteiger partial charge on any atom is -0.393 e. The summed E-state index contributed by atoms with van der Waals surface area (Å²) in [4.78, 5) is 22.5. The molecule has 0 aliphatic carbocycles. The molecule has 0 saturated carbocycles. The SMILES string of the molecule is CC(CC(O)c1ccccc1)NC(=O)c1ccc(N)c([N+](=O)[O-])c1. The Balaban J connectivity index is 2.01. The first kappa shape index (κ1) is 17.4. The van der Waals surface area contributed by atoms with E-state index in [0.717, 1.165) is 11.6 Å². The van der Waals surface area contributed by atoms with Crippen LogP contribution in [0.15, 0.2) is 48.5 Å². The Hall–Kier alpha value is -2.93. The van der Waals surface area contributed by atoms with Gasteiger partial charge in [-0.3, -0.25) is 14.9 Å². The summed E-state index contributed by atoms with van der Waals surface area (Å²) >= 11 is 0. The van der Waals surface area contributed by atoms with Gasteiger partial charge in [0.05, 0.1) is 11.0 Å². The van der Waals surface area contributed by atoms with Crippen molar-refractivity contribution in [3.63, 3.8) is 0 Å². The molecule has 0 saturated heterocycles. The Bertz CT molecular complexity index is 734. The van der Waals surface area contributed by atoms with Gasteiger partial charge < -0.3 is 16.2 Å². The van der Waals surface area contributed by atoms with Crippen molar-refractivity contribution in [3.8, 4) is 0 Å². The quantitative estimate of drug-likeness (QED) is 0.427. The number of nitro benzene ring substituents is 1. The van der Waals surface area contributed by atoms with Crippen molar-refractivity contribution in [2.24, 2.45) is 0 Å². The fourth-order valence-corrected chi connectivity index (χ4v) is 2.36. The van der Waals surface area contributed by atoms with E-state index < -0.39 is 16.9 Å². The number of nitrogen functional groups attached to an aromatic ring is 1. The minimum atomic E-state index is -0.706. The van der Waals surface area contributed by atoms with Crippen molar-refractivity contribution in [1.29, 1.82) is 0 Å². The molecule has 0 aliphatic heterocycles. The first-order valence-corrected chi connectivity index (χ1v) is 7.46. The Morgan fingerprint density at radius 1 is 1.29 bits per heavy atom. The number of nitro groups is 1. The molecular formula is C17H19N3O4. The monoisotopic (exact) mass is 329 g/mol. The predicted octanol–water partition coefficient (Wildman–Crippen LogP) is 2.42. The molecule has 0 spiro atoms. The van der Waals surface area contributed by atoms with E-state index in [0.29, 0.717) is 6.42 Å². The van der Waals surface area contributed by atoms with E-state index in [4.69, 9.17) is 5.73 Å². The van der Waals surface area contributed by atoms with Gasteiger partial charge >= 0.3 is 0 Å². The molecule has 0 bridgehead atoms. The fraction of sp³-hybridized carbons (Fsp3) is 0.235. The average molecular weight is 329 g/mol. The molecule has 0 radical (unpaired) electrons. The Morgan fingerprint density at radius 2 is 1.96 bits per heavy atom. The molecule has 2 aromatic rings. The van der Waals surface area contributed by atoms with Crippen molar-refractivity contribution in [1.82, 2.24) is 5.32 Å². The molecule has 0 aromatic heterocycles.